The van der Waals surface area contributed by atoms with Crippen molar-refractivity contribution in [1.82, 2.24) is 19.4 Å². The molecule has 0 unspecified atom stereocenters. The van der Waals surface area contributed by atoms with E-state index in [0.717, 1.165) is 33.1 Å². The molecule has 0 amide bonds. The van der Waals surface area contributed by atoms with Crippen LogP contribution in [0.2, 0.25) is 0 Å². The molecule has 4 aromatic heterocycles. The Morgan fingerprint density at radius 2 is 1.46 bits per heavy atom. The number of rotatable bonds is 0. The van der Waals surface area contributed by atoms with E-state index >= 15 is 0 Å². The number of benzene rings is 2. The van der Waals surface area contributed by atoms with E-state index in [0.29, 0.717) is 0 Å². The molecule has 0 spiro atoms. The van der Waals surface area contributed by atoms with Gasteiger partial charge in [0.1, 0.15) is 11.3 Å². The normalized spacial score (nSPS) is 12.2. The third kappa shape index (κ3) is 1.34. The third-order valence-corrected chi connectivity index (χ3v) is 4.85. The summed E-state index contributed by atoms with van der Waals surface area (Å²) >= 11 is 0. The van der Waals surface area contributed by atoms with E-state index in [1.165, 1.54) is 16.2 Å². The SMILES string of the molecule is c1ccc2c(c1)[nH]c1c2ccc2c1c1cccnc1n1ccnc21. The fourth-order valence-corrected chi connectivity index (χ4v) is 3.84. The molecule has 0 fully saturated rings. The van der Waals surface area contributed by atoms with Crippen LogP contribution in [0.1, 0.15) is 0 Å². The highest BCUT2D eigenvalue weighted by atomic mass is 15.0. The number of nitrogens with one attached hydrogen (secondary N) is 1. The van der Waals surface area contributed by atoms with Crippen LogP contribution in [0.15, 0.2) is 67.1 Å². The molecule has 0 aliphatic rings. The van der Waals surface area contributed by atoms with Crippen LogP contribution in [-0.2, 0) is 0 Å². The van der Waals surface area contributed by atoms with Crippen LogP contribution in [0.3, 0.4) is 0 Å². The molecular formula is C20H12N4. The second-order valence-electron chi connectivity index (χ2n) is 6.08. The monoisotopic (exact) mass is 308 g/mol. The summed E-state index contributed by atoms with van der Waals surface area (Å²) in [5, 5.41) is 5.94. The summed E-state index contributed by atoms with van der Waals surface area (Å²) in [4.78, 5) is 12.8. The number of H-pyrrole nitrogens is 1. The van der Waals surface area contributed by atoms with Gasteiger partial charge < -0.3 is 4.98 Å². The van der Waals surface area contributed by atoms with Crippen LogP contribution < -0.4 is 0 Å². The zero-order chi connectivity index (χ0) is 15.7. The van der Waals surface area contributed by atoms with Crippen LogP contribution in [0.4, 0.5) is 0 Å². The van der Waals surface area contributed by atoms with Crippen LogP contribution in [-0.4, -0.2) is 19.4 Å². The van der Waals surface area contributed by atoms with Crippen LogP contribution in [0, 0.1) is 0 Å². The fourth-order valence-electron chi connectivity index (χ4n) is 3.84. The maximum Gasteiger partial charge on any atom is 0.146 e. The molecule has 0 aliphatic carbocycles. The van der Waals surface area contributed by atoms with Crippen LogP contribution >= 0.6 is 0 Å². The van der Waals surface area contributed by atoms with E-state index < -0.39 is 0 Å². The summed E-state index contributed by atoms with van der Waals surface area (Å²) in [7, 11) is 0. The molecule has 0 saturated carbocycles. The maximum absolute atomic E-state index is 4.60. The molecule has 4 heterocycles. The molecule has 0 saturated heterocycles. The van der Waals surface area contributed by atoms with Crippen molar-refractivity contribution >= 4 is 49.3 Å². The van der Waals surface area contributed by atoms with Crippen LogP contribution in [0.5, 0.6) is 0 Å². The first-order valence-electron chi connectivity index (χ1n) is 7.95. The van der Waals surface area contributed by atoms with Gasteiger partial charge in [0.25, 0.3) is 0 Å². The fraction of sp³-hybridized carbons (Fsp3) is 0. The summed E-state index contributed by atoms with van der Waals surface area (Å²) in [6.07, 6.45) is 5.64. The third-order valence-electron chi connectivity index (χ3n) is 4.85. The van der Waals surface area contributed by atoms with Gasteiger partial charge in [-0.15, -0.1) is 0 Å². The summed E-state index contributed by atoms with van der Waals surface area (Å²) in [6.45, 7) is 0. The van der Waals surface area contributed by atoms with E-state index in [1.807, 2.05) is 24.7 Å². The predicted molar refractivity (Wildman–Crippen MR) is 97.4 cm³/mol. The van der Waals surface area contributed by atoms with Crippen molar-refractivity contribution in [1.29, 1.82) is 0 Å². The van der Waals surface area contributed by atoms with Gasteiger partial charge in [0, 0.05) is 51.0 Å². The molecule has 1 N–H and O–H groups in total. The molecule has 112 valence electrons. The molecule has 24 heavy (non-hydrogen) atoms. The van der Waals surface area contributed by atoms with Crippen molar-refractivity contribution in [3.05, 3.63) is 67.1 Å². The Labute approximate surface area is 136 Å². The first-order chi connectivity index (χ1) is 11.9. The minimum atomic E-state index is 0.934. The second-order valence-corrected chi connectivity index (χ2v) is 6.08. The Bertz CT molecular complexity index is 1410. The van der Waals surface area contributed by atoms with Crippen molar-refractivity contribution in [2.45, 2.75) is 0 Å². The van der Waals surface area contributed by atoms with Crippen molar-refractivity contribution in [2.75, 3.05) is 0 Å². The lowest BCUT2D eigenvalue weighted by atomic mass is 10.0. The highest BCUT2D eigenvalue weighted by Gasteiger charge is 2.14. The van der Waals surface area contributed by atoms with E-state index in [-0.39, 0.29) is 0 Å². The molecule has 2 aromatic carbocycles. The number of nitrogens with zero attached hydrogens (tertiary/aromatic N) is 3. The summed E-state index contributed by atoms with van der Waals surface area (Å²) < 4.78 is 2.06. The largest absolute Gasteiger partial charge is 0.354 e. The van der Waals surface area contributed by atoms with Crippen molar-refractivity contribution in [3.63, 3.8) is 0 Å². The van der Waals surface area contributed by atoms with Gasteiger partial charge in [-0.1, -0.05) is 24.3 Å². The number of hydrogen-bond acceptors (Lipinski definition) is 2. The van der Waals surface area contributed by atoms with Crippen molar-refractivity contribution in [3.8, 4) is 0 Å². The Balaban J connectivity index is 2.03. The lowest BCUT2D eigenvalue weighted by Gasteiger charge is -2.08. The van der Waals surface area contributed by atoms with Gasteiger partial charge >= 0.3 is 0 Å². The van der Waals surface area contributed by atoms with Gasteiger partial charge in [0.05, 0.1) is 5.52 Å². The molecule has 0 atom stereocenters. The summed E-state index contributed by atoms with van der Waals surface area (Å²) in [6, 6.07) is 16.9. The molecule has 6 aromatic rings. The highest BCUT2D eigenvalue weighted by molar-refractivity contribution is 6.25. The molecule has 4 nitrogen and oxygen atoms in total. The van der Waals surface area contributed by atoms with Gasteiger partial charge in [-0.25, -0.2) is 9.97 Å². The zero-order valence-corrected chi connectivity index (χ0v) is 12.7. The average Bonchev–Trinajstić information content (AvgIpc) is 3.26. The van der Waals surface area contributed by atoms with Crippen LogP contribution in [0.25, 0.3) is 49.3 Å². The Morgan fingerprint density at radius 3 is 2.42 bits per heavy atom. The Morgan fingerprint density at radius 1 is 0.708 bits per heavy atom. The Kier molecular flexibility index (Phi) is 2.07. The maximum atomic E-state index is 4.60. The van der Waals surface area contributed by atoms with Crippen molar-refractivity contribution in [2.24, 2.45) is 0 Å². The Hall–Kier alpha value is -3.40. The summed E-state index contributed by atoms with van der Waals surface area (Å²) in [5.74, 6) is 0. The van der Waals surface area contributed by atoms with E-state index in [1.54, 1.807) is 0 Å². The molecule has 0 aliphatic heterocycles. The highest BCUT2D eigenvalue weighted by Crippen LogP contribution is 2.36. The minimum Gasteiger partial charge on any atom is -0.354 e. The number of aromatic amines is 1. The number of aromatic nitrogens is 4. The first-order valence-corrected chi connectivity index (χ1v) is 7.95. The average molecular weight is 308 g/mol. The molecule has 4 heteroatoms. The first kappa shape index (κ1) is 12.1. The molecule has 6 rings (SSSR count). The van der Waals surface area contributed by atoms with Gasteiger partial charge in [-0.2, -0.15) is 0 Å². The topological polar surface area (TPSA) is 46.0 Å². The molecule has 0 bridgehead atoms. The molecular weight excluding hydrogens is 296 g/mol. The number of pyridine rings is 2. The van der Waals surface area contributed by atoms with Gasteiger partial charge in [0.2, 0.25) is 0 Å². The van der Waals surface area contributed by atoms with Gasteiger partial charge in [-0.05, 0) is 24.3 Å². The summed E-state index contributed by atoms with van der Waals surface area (Å²) in [5.41, 5.74) is 4.18. The smallest absolute Gasteiger partial charge is 0.146 e. The van der Waals surface area contributed by atoms with Gasteiger partial charge in [0.15, 0.2) is 0 Å². The number of fused-ring (bicyclic) bond motifs is 10. The standard InChI is InChI=1S/C20H12N4/c1-2-6-16-12(4-1)13-7-8-15-17(18(13)23-16)14-5-3-9-21-19(14)24-11-10-22-20(15)24/h1-11,23H. The van der Waals surface area contributed by atoms with Crippen molar-refractivity contribution < 1.29 is 0 Å². The quantitative estimate of drug-likeness (QED) is 0.414. The number of para-hydroxylation sites is 1. The second kappa shape index (κ2) is 4.11. The van der Waals surface area contributed by atoms with E-state index in [9.17, 15) is 0 Å². The lowest BCUT2D eigenvalue weighted by molar-refractivity contribution is 1.20. The minimum absolute atomic E-state index is 0.934. The molecule has 0 radical (unpaired) electrons. The lowest BCUT2D eigenvalue weighted by Crippen LogP contribution is -1.93. The van der Waals surface area contributed by atoms with Gasteiger partial charge in [-0.3, -0.25) is 4.40 Å². The van der Waals surface area contributed by atoms with E-state index in [2.05, 4.69) is 61.8 Å². The number of hydrogen-bond donors (Lipinski definition) is 1. The van der Waals surface area contributed by atoms with E-state index in [4.69, 9.17) is 0 Å². The number of imidazole rings is 1. The predicted octanol–water partition coefficient (Wildman–Crippen LogP) is 4.67. The zero-order valence-electron chi connectivity index (χ0n) is 12.7.